The van der Waals surface area contributed by atoms with E-state index < -0.39 is 0 Å². The predicted octanol–water partition coefficient (Wildman–Crippen LogP) is 5.89. The van der Waals surface area contributed by atoms with Gasteiger partial charge in [0.05, 0.1) is 11.0 Å². The summed E-state index contributed by atoms with van der Waals surface area (Å²) in [6.07, 6.45) is 1.02. The summed E-state index contributed by atoms with van der Waals surface area (Å²) in [6, 6.07) is 13.5. The second-order valence-corrected chi connectivity index (χ2v) is 6.40. The lowest BCUT2D eigenvalue weighted by Gasteiger charge is -2.16. The SMILES string of the molecule is CCC(C)n1c(COc2ccc(Cl)cc2)nc2cc(Cl)ccc21. The molecule has 0 fully saturated rings. The smallest absolute Gasteiger partial charge is 0.148 e. The maximum absolute atomic E-state index is 6.09. The van der Waals surface area contributed by atoms with Crippen LogP contribution in [0.5, 0.6) is 5.75 Å². The molecule has 2 aromatic carbocycles. The molecule has 1 atom stereocenters. The fraction of sp³-hybridized carbons (Fsp3) is 0.278. The Morgan fingerprint density at radius 3 is 2.48 bits per heavy atom. The van der Waals surface area contributed by atoms with Crippen LogP contribution in [0.25, 0.3) is 11.0 Å². The first-order valence-electron chi connectivity index (χ1n) is 7.63. The van der Waals surface area contributed by atoms with Gasteiger partial charge in [-0.2, -0.15) is 0 Å². The maximum Gasteiger partial charge on any atom is 0.148 e. The Morgan fingerprint density at radius 1 is 1.09 bits per heavy atom. The number of rotatable bonds is 5. The minimum absolute atomic E-state index is 0.338. The van der Waals surface area contributed by atoms with Crippen molar-refractivity contribution in [1.29, 1.82) is 0 Å². The number of imidazole rings is 1. The molecule has 0 spiro atoms. The molecule has 0 saturated carbocycles. The molecule has 0 amide bonds. The number of halogens is 2. The fourth-order valence-corrected chi connectivity index (χ4v) is 2.87. The van der Waals surface area contributed by atoms with Crippen LogP contribution in [0.15, 0.2) is 42.5 Å². The van der Waals surface area contributed by atoms with Crippen molar-refractivity contribution in [3.05, 3.63) is 58.3 Å². The number of aromatic nitrogens is 2. The quantitative estimate of drug-likeness (QED) is 0.574. The molecule has 0 bridgehead atoms. The number of fused-ring (bicyclic) bond motifs is 1. The van der Waals surface area contributed by atoms with E-state index in [-0.39, 0.29) is 0 Å². The summed E-state index contributed by atoms with van der Waals surface area (Å²) >= 11 is 12.0. The van der Waals surface area contributed by atoms with Crippen molar-refractivity contribution in [3.8, 4) is 5.75 Å². The van der Waals surface area contributed by atoms with Crippen LogP contribution in [0.3, 0.4) is 0 Å². The van der Waals surface area contributed by atoms with Crippen molar-refractivity contribution in [2.24, 2.45) is 0 Å². The summed E-state index contributed by atoms with van der Waals surface area (Å²) in [6.45, 7) is 4.75. The average molecular weight is 349 g/mol. The summed E-state index contributed by atoms with van der Waals surface area (Å²) in [5, 5.41) is 1.38. The summed E-state index contributed by atoms with van der Waals surface area (Å²) in [5.74, 6) is 1.67. The van der Waals surface area contributed by atoms with Crippen LogP contribution in [0, 0.1) is 0 Å². The van der Waals surface area contributed by atoms with Gasteiger partial charge in [0.2, 0.25) is 0 Å². The first kappa shape index (κ1) is 16.2. The Balaban J connectivity index is 1.93. The Labute approximate surface area is 145 Å². The molecule has 23 heavy (non-hydrogen) atoms. The van der Waals surface area contributed by atoms with E-state index in [4.69, 9.17) is 32.9 Å². The van der Waals surface area contributed by atoms with Crippen LogP contribution in [0.4, 0.5) is 0 Å². The van der Waals surface area contributed by atoms with Gasteiger partial charge in [0.1, 0.15) is 18.2 Å². The molecule has 5 heteroatoms. The monoisotopic (exact) mass is 348 g/mol. The number of hydrogen-bond acceptors (Lipinski definition) is 2. The molecule has 1 heterocycles. The third-order valence-corrected chi connectivity index (χ3v) is 4.42. The van der Waals surface area contributed by atoms with E-state index in [0.29, 0.717) is 22.7 Å². The molecular weight excluding hydrogens is 331 g/mol. The van der Waals surface area contributed by atoms with Gasteiger partial charge in [0.15, 0.2) is 0 Å². The van der Waals surface area contributed by atoms with Gasteiger partial charge in [-0.05, 0) is 55.8 Å². The molecule has 0 saturated heterocycles. The van der Waals surface area contributed by atoms with E-state index >= 15 is 0 Å². The Morgan fingerprint density at radius 2 is 1.78 bits per heavy atom. The molecule has 0 aliphatic rings. The normalized spacial score (nSPS) is 12.5. The number of nitrogens with zero attached hydrogens (tertiary/aromatic N) is 2. The standard InChI is InChI=1S/C18H18Cl2N2O/c1-3-12(2)22-17-9-6-14(20)10-16(17)21-18(22)11-23-15-7-4-13(19)5-8-15/h4-10,12H,3,11H2,1-2H3. The van der Waals surface area contributed by atoms with Crippen molar-refractivity contribution in [2.45, 2.75) is 32.9 Å². The second-order valence-electron chi connectivity index (χ2n) is 5.53. The van der Waals surface area contributed by atoms with Gasteiger partial charge in [0, 0.05) is 16.1 Å². The van der Waals surface area contributed by atoms with Gasteiger partial charge in [-0.15, -0.1) is 0 Å². The van der Waals surface area contributed by atoms with E-state index in [0.717, 1.165) is 29.0 Å². The molecule has 1 aromatic heterocycles. The average Bonchev–Trinajstić information content (AvgIpc) is 2.91. The fourth-order valence-electron chi connectivity index (χ4n) is 2.58. The lowest BCUT2D eigenvalue weighted by atomic mass is 10.2. The zero-order valence-corrected chi connectivity index (χ0v) is 14.6. The highest BCUT2D eigenvalue weighted by molar-refractivity contribution is 6.31. The van der Waals surface area contributed by atoms with Crippen molar-refractivity contribution >= 4 is 34.2 Å². The zero-order valence-electron chi connectivity index (χ0n) is 13.1. The molecule has 0 aliphatic carbocycles. The van der Waals surface area contributed by atoms with Crippen LogP contribution in [-0.2, 0) is 6.61 Å². The van der Waals surface area contributed by atoms with Gasteiger partial charge in [-0.1, -0.05) is 30.1 Å². The van der Waals surface area contributed by atoms with E-state index in [1.165, 1.54) is 0 Å². The Kier molecular flexibility index (Phi) is 4.79. The molecule has 0 aliphatic heterocycles. The van der Waals surface area contributed by atoms with Gasteiger partial charge in [-0.25, -0.2) is 4.98 Å². The van der Waals surface area contributed by atoms with Crippen LogP contribution >= 0.6 is 23.2 Å². The largest absolute Gasteiger partial charge is 0.486 e. The van der Waals surface area contributed by atoms with Crippen LogP contribution in [0.2, 0.25) is 10.0 Å². The third-order valence-electron chi connectivity index (χ3n) is 3.94. The Bertz CT molecular complexity index is 812. The lowest BCUT2D eigenvalue weighted by Crippen LogP contribution is -2.11. The van der Waals surface area contributed by atoms with Gasteiger partial charge in [-0.3, -0.25) is 0 Å². The van der Waals surface area contributed by atoms with E-state index in [2.05, 4.69) is 18.4 Å². The number of benzene rings is 2. The molecule has 3 nitrogen and oxygen atoms in total. The summed E-state index contributed by atoms with van der Waals surface area (Å²) in [5.41, 5.74) is 1.98. The molecule has 120 valence electrons. The van der Waals surface area contributed by atoms with Gasteiger partial charge >= 0.3 is 0 Å². The van der Waals surface area contributed by atoms with Crippen molar-refractivity contribution in [3.63, 3.8) is 0 Å². The summed E-state index contributed by atoms with van der Waals surface area (Å²) < 4.78 is 8.09. The topological polar surface area (TPSA) is 27.1 Å². The molecule has 3 rings (SSSR count). The minimum atomic E-state index is 0.338. The first-order chi connectivity index (χ1) is 11.1. The number of hydrogen-bond donors (Lipinski definition) is 0. The predicted molar refractivity (Wildman–Crippen MR) is 95.5 cm³/mol. The van der Waals surface area contributed by atoms with E-state index in [1.54, 1.807) is 0 Å². The molecule has 3 aromatic rings. The van der Waals surface area contributed by atoms with Gasteiger partial charge in [0.25, 0.3) is 0 Å². The van der Waals surface area contributed by atoms with Crippen molar-refractivity contribution < 1.29 is 4.74 Å². The lowest BCUT2D eigenvalue weighted by molar-refractivity contribution is 0.286. The van der Waals surface area contributed by atoms with Crippen LogP contribution < -0.4 is 4.74 Å². The van der Waals surface area contributed by atoms with E-state index in [1.807, 2.05) is 42.5 Å². The summed E-state index contributed by atoms with van der Waals surface area (Å²) in [4.78, 5) is 4.70. The summed E-state index contributed by atoms with van der Waals surface area (Å²) in [7, 11) is 0. The van der Waals surface area contributed by atoms with Crippen LogP contribution in [0.1, 0.15) is 32.1 Å². The van der Waals surface area contributed by atoms with Gasteiger partial charge < -0.3 is 9.30 Å². The molecule has 0 N–H and O–H groups in total. The zero-order chi connectivity index (χ0) is 16.4. The molecule has 0 radical (unpaired) electrons. The number of ether oxygens (including phenoxy) is 1. The minimum Gasteiger partial charge on any atom is -0.486 e. The van der Waals surface area contributed by atoms with Crippen molar-refractivity contribution in [2.75, 3.05) is 0 Å². The van der Waals surface area contributed by atoms with Crippen LogP contribution in [-0.4, -0.2) is 9.55 Å². The molecule has 1 unspecified atom stereocenters. The first-order valence-corrected chi connectivity index (χ1v) is 8.38. The van der Waals surface area contributed by atoms with Crippen molar-refractivity contribution in [1.82, 2.24) is 9.55 Å². The maximum atomic E-state index is 6.09. The van der Waals surface area contributed by atoms with E-state index in [9.17, 15) is 0 Å². The highest BCUT2D eigenvalue weighted by atomic mass is 35.5. The molecular formula is C18H18Cl2N2O. The third kappa shape index (κ3) is 3.46. The Hall–Kier alpha value is -1.71. The highest BCUT2D eigenvalue weighted by Gasteiger charge is 2.15. The highest BCUT2D eigenvalue weighted by Crippen LogP contribution is 2.26. The second kappa shape index (κ2) is 6.81.